The highest BCUT2D eigenvalue weighted by molar-refractivity contribution is 5.85. The van der Waals surface area contributed by atoms with E-state index in [9.17, 15) is 14.9 Å². The molecule has 1 amide bonds. The van der Waals surface area contributed by atoms with Crippen molar-refractivity contribution in [3.63, 3.8) is 0 Å². The fourth-order valence-electron chi connectivity index (χ4n) is 3.14. The maximum Gasteiger partial charge on any atom is 0.307 e. The molecule has 9 heteroatoms. The molecule has 0 aliphatic carbocycles. The Morgan fingerprint density at radius 1 is 1.43 bits per heavy atom. The van der Waals surface area contributed by atoms with Crippen molar-refractivity contribution in [1.29, 1.82) is 0 Å². The summed E-state index contributed by atoms with van der Waals surface area (Å²) in [7, 11) is 0. The van der Waals surface area contributed by atoms with Gasteiger partial charge in [0.1, 0.15) is 18.9 Å². The van der Waals surface area contributed by atoms with E-state index in [0.717, 1.165) is 32.4 Å². The highest BCUT2D eigenvalue weighted by Gasteiger charge is 2.37. The van der Waals surface area contributed by atoms with Gasteiger partial charge < -0.3 is 10.2 Å². The van der Waals surface area contributed by atoms with Gasteiger partial charge in [0.2, 0.25) is 5.91 Å². The lowest BCUT2D eigenvalue weighted by Gasteiger charge is -2.27. The third-order valence-corrected chi connectivity index (χ3v) is 4.07. The molecule has 0 spiro atoms. The molecule has 2 unspecified atom stereocenters. The van der Waals surface area contributed by atoms with Crippen LogP contribution >= 0.6 is 12.4 Å². The van der Waals surface area contributed by atoms with E-state index >= 15 is 0 Å². The number of rotatable bonds is 3. The number of carbonyl (C=O) groups is 1. The Hall–Kier alpha value is -1.67. The molecule has 21 heavy (non-hydrogen) atoms. The average molecular weight is 316 g/mol. The molecule has 2 saturated heterocycles. The first-order valence-corrected chi connectivity index (χ1v) is 6.84. The van der Waals surface area contributed by atoms with Gasteiger partial charge in [0, 0.05) is 18.6 Å². The van der Waals surface area contributed by atoms with E-state index in [1.807, 2.05) is 4.90 Å². The normalized spacial score (nSPS) is 24.3. The fraction of sp³-hybridized carbons (Fsp3) is 0.667. The summed E-state index contributed by atoms with van der Waals surface area (Å²) in [5.74, 6) is -0.000743. The second-order valence-corrected chi connectivity index (χ2v) is 5.33. The summed E-state index contributed by atoms with van der Waals surface area (Å²) in [5, 5.41) is 17.8. The van der Waals surface area contributed by atoms with Crippen LogP contribution in [0.15, 0.2) is 12.4 Å². The zero-order valence-corrected chi connectivity index (χ0v) is 12.3. The predicted octanol–water partition coefficient (Wildman–Crippen LogP) is 0.566. The number of hydrogen-bond acceptors (Lipinski definition) is 5. The van der Waals surface area contributed by atoms with Crippen molar-refractivity contribution >= 4 is 24.0 Å². The van der Waals surface area contributed by atoms with Gasteiger partial charge in [0.15, 0.2) is 0 Å². The summed E-state index contributed by atoms with van der Waals surface area (Å²) in [4.78, 5) is 24.5. The van der Waals surface area contributed by atoms with Crippen molar-refractivity contribution in [2.24, 2.45) is 0 Å². The molecule has 116 valence electrons. The topological polar surface area (TPSA) is 93.3 Å². The molecule has 2 atom stereocenters. The SMILES string of the molecule is Cl.O=C(Cn1cc([N+](=O)[O-])cn1)N1C2CCNCC1CC2. The van der Waals surface area contributed by atoms with Gasteiger partial charge in [0.05, 0.1) is 4.92 Å². The van der Waals surface area contributed by atoms with Crippen molar-refractivity contribution in [1.82, 2.24) is 20.0 Å². The highest BCUT2D eigenvalue weighted by Crippen LogP contribution is 2.28. The Morgan fingerprint density at radius 3 is 2.90 bits per heavy atom. The van der Waals surface area contributed by atoms with Gasteiger partial charge in [-0.05, 0) is 25.8 Å². The molecule has 2 bridgehead atoms. The molecule has 2 fully saturated rings. The number of hydrogen-bond donors (Lipinski definition) is 1. The molecule has 1 aromatic rings. The third kappa shape index (κ3) is 3.16. The average Bonchev–Trinajstić information content (AvgIpc) is 2.93. The molecule has 2 aliphatic rings. The van der Waals surface area contributed by atoms with Crippen LogP contribution in [0.1, 0.15) is 19.3 Å². The van der Waals surface area contributed by atoms with Crippen LogP contribution in [0, 0.1) is 10.1 Å². The minimum Gasteiger partial charge on any atom is -0.334 e. The number of halogens is 1. The maximum absolute atomic E-state index is 12.4. The van der Waals surface area contributed by atoms with Gasteiger partial charge in [-0.25, -0.2) is 0 Å². The number of carbonyl (C=O) groups excluding carboxylic acids is 1. The van der Waals surface area contributed by atoms with Crippen LogP contribution in [0.25, 0.3) is 0 Å². The Labute approximate surface area is 128 Å². The number of nitrogens with one attached hydrogen (secondary N) is 1. The van der Waals surface area contributed by atoms with Crippen LogP contribution in [0.4, 0.5) is 5.69 Å². The van der Waals surface area contributed by atoms with E-state index in [0.29, 0.717) is 6.04 Å². The molecular weight excluding hydrogens is 298 g/mol. The van der Waals surface area contributed by atoms with Gasteiger partial charge in [-0.2, -0.15) is 5.10 Å². The molecule has 1 aromatic heterocycles. The fourth-order valence-corrected chi connectivity index (χ4v) is 3.14. The first-order valence-electron chi connectivity index (χ1n) is 6.84. The van der Waals surface area contributed by atoms with Gasteiger partial charge in [0.25, 0.3) is 0 Å². The summed E-state index contributed by atoms with van der Waals surface area (Å²) in [5.41, 5.74) is -0.0849. The molecule has 3 heterocycles. The van der Waals surface area contributed by atoms with E-state index in [-0.39, 0.29) is 36.6 Å². The Bertz CT molecular complexity index is 521. The van der Waals surface area contributed by atoms with Crippen molar-refractivity contribution in [2.75, 3.05) is 13.1 Å². The van der Waals surface area contributed by atoms with Gasteiger partial charge in [-0.3, -0.25) is 19.6 Å². The van der Waals surface area contributed by atoms with E-state index < -0.39 is 4.92 Å². The number of nitro groups is 1. The van der Waals surface area contributed by atoms with Crippen LogP contribution in [-0.2, 0) is 11.3 Å². The van der Waals surface area contributed by atoms with E-state index in [1.54, 1.807) is 0 Å². The standard InChI is InChI=1S/C12H17N5O3.ClH/c18-12(8-15-7-11(6-14-15)17(19)20)16-9-1-2-10(16)5-13-4-3-9;/h6-7,9-10,13H,1-5,8H2;1H. The monoisotopic (exact) mass is 315 g/mol. The van der Waals surface area contributed by atoms with Crippen molar-refractivity contribution in [3.8, 4) is 0 Å². The second kappa shape index (κ2) is 6.40. The first-order chi connectivity index (χ1) is 9.65. The van der Waals surface area contributed by atoms with E-state index in [4.69, 9.17) is 0 Å². The maximum atomic E-state index is 12.4. The third-order valence-electron chi connectivity index (χ3n) is 4.07. The van der Waals surface area contributed by atoms with Crippen molar-refractivity contribution in [2.45, 2.75) is 37.9 Å². The summed E-state index contributed by atoms with van der Waals surface area (Å²) in [6.45, 7) is 1.85. The summed E-state index contributed by atoms with van der Waals surface area (Å²) in [6, 6.07) is 0.550. The molecule has 1 N–H and O–H groups in total. The van der Waals surface area contributed by atoms with Crippen molar-refractivity contribution in [3.05, 3.63) is 22.5 Å². The zero-order valence-electron chi connectivity index (χ0n) is 11.5. The smallest absolute Gasteiger partial charge is 0.307 e. The van der Waals surface area contributed by atoms with Gasteiger partial charge in [-0.15, -0.1) is 12.4 Å². The second-order valence-electron chi connectivity index (χ2n) is 5.33. The van der Waals surface area contributed by atoms with Crippen LogP contribution in [0.2, 0.25) is 0 Å². The highest BCUT2D eigenvalue weighted by atomic mass is 35.5. The minimum absolute atomic E-state index is 0. The van der Waals surface area contributed by atoms with Crippen LogP contribution in [-0.4, -0.2) is 50.7 Å². The molecule has 2 aliphatic heterocycles. The summed E-state index contributed by atoms with van der Waals surface area (Å²) >= 11 is 0. The first kappa shape index (κ1) is 15.7. The Balaban J connectivity index is 0.00000161. The number of fused-ring (bicyclic) bond motifs is 2. The Kier molecular flexibility index (Phi) is 4.79. The lowest BCUT2D eigenvalue weighted by atomic mass is 10.1. The number of nitrogens with zero attached hydrogens (tertiary/aromatic N) is 4. The van der Waals surface area contributed by atoms with Crippen LogP contribution in [0.3, 0.4) is 0 Å². The van der Waals surface area contributed by atoms with Gasteiger partial charge >= 0.3 is 5.69 Å². The van der Waals surface area contributed by atoms with Gasteiger partial charge in [-0.1, -0.05) is 0 Å². The molecule has 0 radical (unpaired) electrons. The summed E-state index contributed by atoms with van der Waals surface area (Å²) in [6.07, 6.45) is 5.53. The van der Waals surface area contributed by atoms with Crippen LogP contribution < -0.4 is 5.32 Å². The van der Waals surface area contributed by atoms with Crippen LogP contribution in [0.5, 0.6) is 0 Å². The Morgan fingerprint density at radius 2 is 2.19 bits per heavy atom. The molecule has 8 nitrogen and oxygen atoms in total. The lowest BCUT2D eigenvalue weighted by molar-refractivity contribution is -0.385. The zero-order chi connectivity index (χ0) is 14.1. The minimum atomic E-state index is -0.506. The number of amides is 1. The molecule has 0 aromatic carbocycles. The molecule has 3 rings (SSSR count). The summed E-state index contributed by atoms with van der Waals surface area (Å²) < 4.78 is 1.35. The molecule has 0 saturated carbocycles. The van der Waals surface area contributed by atoms with Crippen molar-refractivity contribution < 1.29 is 9.72 Å². The predicted molar refractivity (Wildman–Crippen MR) is 77.3 cm³/mol. The lowest BCUT2D eigenvalue weighted by Crippen LogP contribution is -2.44. The van der Waals surface area contributed by atoms with E-state index in [1.165, 1.54) is 17.1 Å². The largest absolute Gasteiger partial charge is 0.334 e. The molecular formula is C12H18ClN5O3. The number of aromatic nitrogens is 2. The quantitative estimate of drug-likeness (QED) is 0.650. The van der Waals surface area contributed by atoms with E-state index in [2.05, 4.69) is 10.4 Å².